The predicted molar refractivity (Wildman–Crippen MR) is 91.6 cm³/mol. The molecule has 2 nitrogen and oxygen atoms in total. The molecule has 2 aromatic carbocycles. The maximum atomic E-state index is 12.5. The monoisotopic (exact) mass is 427 g/mol. The van der Waals surface area contributed by atoms with Gasteiger partial charge < -0.3 is 29.7 Å². The van der Waals surface area contributed by atoms with Crippen molar-refractivity contribution in [2.24, 2.45) is 5.73 Å². The Morgan fingerprint density at radius 1 is 0.955 bits per heavy atom. The molecule has 2 N–H and O–H groups in total. The highest BCUT2D eigenvalue weighted by Crippen LogP contribution is 2.36. The zero-order chi connectivity index (χ0) is 15.3. The van der Waals surface area contributed by atoms with Gasteiger partial charge in [-0.2, -0.15) is 0 Å². The maximum absolute atomic E-state index is 12.5. The van der Waals surface area contributed by atoms with E-state index in [2.05, 4.69) is 12.5 Å². The summed E-state index contributed by atoms with van der Waals surface area (Å²) >= 11 is 0. The molecule has 118 valence electrons. The second-order valence-corrected chi connectivity index (χ2v) is 7.82. The van der Waals surface area contributed by atoms with Crippen LogP contribution < -0.4 is 29.7 Å². The number of rotatable bonds is 6. The van der Waals surface area contributed by atoms with Gasteiger partial charge in [-0.3, -0.25) is 4.79 Å². The van der Waals surface area contributed by atoms with Crippen molar-refractivity contribution < 1.29 is 28.8 Å². The van der Waals surface area contributed by atoms with Gasteiger partial charge in [-0.25, -0.2) is 0 Å². The Bertz CT molecular complexity index is 547. The standard InChI is InChI=1S/C18H21NOS.HI/c1-21(2)14-13-18(17(19)20,15-9-5-3-6-10-15)16-11-7-4-8-12-16;/h3-12H,13-14H2,1-2H3,(H-,19,20);1H. The summed E-state index contributed by atoms with van der Waals surface area (Å²) in [5.41, 5.74) is 7.11. The van der Waals surface area contributed by atoms with E-state index in [4.69, 9.17) is 5.73 Å². The lowest BCUT2D eigenvalue weighted by Crippen LogP contribution is -3.00. The molecule has 0 aliphatic heterocycles. The van der Waals surface area contributed by atoms with Gasteiger partial charge in [0, 0.05) is 6.42 Å². The van der Waals surface area contributed by atoms with Crippen LogP contribution in [0.15, 0.2) is 60.7 Å². The van der Waals surface area contributed by atoms with Crippen molar-refractivity contribution in [1.29, 1.82) is 0 Å². The Hall–Kier alpha value is -1.01. The molecule has 2 rings (SSSR count). The minimum Gasteiger partial charge on any atom is -1.00 e. The van der Waals surface area contributed by atoms with Gasteiger partial charge in [0.05, 0.1) is 12.5 Å². The Morgan fingerprint density at radius 2 is 1.36 bits per heavy atom. The number of amides is 1. The molecule has 0 spiro atoms. The quantitative estimate of drug-likeness (QED) is 0.501. The average Bonchev–Trinajstić information content (AvgIpc) is 2.49. The molecule has 1 amide bonds. The highest BCUT2D eigenvalue weighted by atomic mass is 127. The first-order valence-corrected chi connectivity index (χ1v) is 9.23. The van der Waals surface area contributed by atoms with Gasteiger partial charge in [-0.15, -0.1) is 0 Å². The predicted octanol–water partition coefficient (Wildman–Crippen LogP) is -0.270. The maximum Gasteiger partial charge on any atom is 0.232 e. The minimum absolute atomic E-state index is 0. The van der Waals surface area contributed by atoms with E-state index in [9.17, 15) is 4.79 Å². The SMILES string of the molecule is C[S+](C)CCC(C(N)=O)(c1ccccc1)c1ccccc1.[I-]. The van der Waals surface area contributed by atoms with Crippen LogP contribution >= 0.6 is 0 Å². The first-order valence-electron chi connectivity index (χ1n) is 7.02. The summed E-state index contributed by atoms with van der Waals surface area (Å²) in [5.74, 6) is 0.706. The van der Waals surface area contributed by atoms with E-state index in [0.717, 1.165) is 23.3 Å². The number of primary amides is 1. The summed E-state index contributed by atoms with van der Waals surface area (Å²) in [6.45, 7) is 0. The van der Waals surface area contributed by atoms with E-state index in [1.807, 2.05) is 60.7 Å². The van der Waals surface area contributed by atoms with Crippen LogP contribution in [0, 0.1) is 0 Å². The molecule has 0 heterocycles. The van der Waals surface area contributed by atoms with Crippen molar-refractivity contribution in [2.45, 2.75) is 11.8 Å². The second kappa shape index (κ2) is 8.58. The van der Waals surface area contributed by atoms with E-state index < -0.39 is 5.41 Å². The number of hydrogen-bond donors (Lipinski definition) is 1. The fraction of sp³-hybridized carbons (Fsp3) is 0.278. The van der Waals surface area contributed by atoms with Gasteiger partial charge in [-0.05, 0) is 22.0 Å². The molecule has 0 saturated heterocycles. The van der Waals surface area contributed by atoms with E-state index in [-0.39, 0.29) is 40.8 Å². The normalized spacial score (nSPS) is 11.0. The molecule has 0 aliphatic rings. The van der Waals surface area contributed by atoms with Gasteiger partial charge in [-0.1, -0.05) is 60.7 Å². The van der Waals surface area contributed by atoms with Crippen LogP contribution in [-0.2, 0) is 21.1 Å². The van der Waals surface area contributed by atoms with Crippen molar-refractivity contribution in [3.8, 4) is 0 Å². The van der Waals surface area contributed by atoms with Crippen LogP contribution in [0.25, 0.3) is 0 Å². The molecule has 0 unspecified atom stereocenters. The molecule has 0 saturated carbocycles. The van der Waals surface area contributed by atoms with Crippen LogP contribution in [0.5, 0.6) is 0 Å². The van der Waals surface area contributed by atoms with Crippen molar-refractivity contribution in [3.05, 3.63) is 71.8 Å². The molecular formula is C18H22INOS. The summed E-state index contributed by atoms with van der Waals surface area (Å²) in [6, 6.07) is 19.8. The number of carbonyl (C=O) groups is 1. The fourth-order valence-electron chi connectivity index (χ4n) is 2.67. The van der Waals surface area contributed by atoms with Crippen LogP contribution in [0.2, 0.25) is 0 Å². The van der Waals surface area contributed by atoms with Gasteiger partial charge in [0.2, 0.25) is 5.91 Å². The van der Waals surface area contributed by atoms with E-state index >= 15 is 0 Å². The summed E-state index contributed by atoms with van der Waals surface area (Å²) in [5, 5.41) is 0. The number of benzene rings is 2. The lowest BCUT2D eigenvalue weighted by molar-refractivity contribution is -0.122. The number of halogens is 1. The second-order valence-electron chi connectivity index (χ2n) is 5.44. The van der Waals surface area contributed by atoms with E-state index in [0.29, 0.717) is 0 Å². The summed E-state index contributed by atoms with van der Waals surface area (Å²) in [7, 11) is 0.266. The van der Waals surface area contributed by atoms with Crippen LogP contribution in [0.4, 0.5) is 0 Å². The smallest absolute Gasteiger partial charge is 0.232 e. The molecule has 0 radical (unpaired) electrons. The number of carbonyl (C=O) groups excluding carboxylic acids is 1. The Morgan fingerprint density at radius 3 is 1.68 bits per heavy atom. The largest absolute Gasteiger partial charge is 1.00 e. The first-order chi connectivity index (χ1) is 10.1. The summed E-state index contributed by atoms with van der Waals surface area (Å²) in [4.78, 5) is 12.5. The Balaban J connectivity index is 0.00000242. The topological polar surface area (TPSA) is 43.1 Å². The molecule has 0 aliphatic carbocycles. The lowest BCUT2D eigenvalue weighted by atomic mass is 9.72. The molecule has 0 bridgehead atoms. The Labute approximate surface area is 152 Å². The highest BCUT2D eigenvalue weighted by molar-refractivity contribution is 7.95. The average molecular weight is 427 g/mol. The van der Waals surface area contributed by atoms with E-state index in [1.165, 1.54) is 0 Å². The minimum atomic E-state index is -0.736. The molecule has 0 aromatic heterocycles. The van der Waals surface area contributed by atoms with Crippen LogP contribution in [-0.4, -0.2) is 24.2 Å². The molecule has 22 heavy (non-hydrogen) atoms. The summed E-state index contributed by atoms with van der Waals surface area (Å²) < 4.78 is 0. The highest BCUT2D eigenvalue weighted by Gasteiger charge is 2.41. The van der Waals surface area contributed by atoms with Gasteiger partial charge in [0.1, 0.15) is 11.2 Å². The molecule has 0 fully saturated rings. The van der Waals surface area contributed by atoms with Crippen LogP contribution in [0.3, 0.4) is 0 Å². The third-order valence-corrected chi connectivity index (χ3v) is 4.86. The van der Waals surface area contributed by atoms with Crippen LogP contribution in [0.1, 0.15) is 17.5 Å². The molecule has 0 atom stereocenters. The lowest BCUT2D eigenvalue weighted by Gasteiger charge is -2.31. The third-order valence-electron chi connectivity index (χ3n) is 3.84. The van der Waals surface area contributed by atoms with Gasteiger partial charge >= 0.3 is 0 Å². The molecule has 4 heteroatoms. The van der Waals surface area contributed by atoms with Crippen molar-refractivity contribution >= 4 is 16.8 Å². The molecular weight excluding hydrogens is 405 g/mol. The van der Waals surface area contributed by atoms with Crippen molar-refractivity contribution in [3.63, 3.8) is 0 Å². The van der Waals surface area contributed by atoms with Crippen molar-refractivity contribution in [2.75, 3.05) is 18.3 Å². The van der Waals surface area contributed by atoms with Gasteiger partial charge in [0.15, 0.2) is 0 Å². The number of nitrogens with two attached hydrogens (primary N) is 1. The number of hydrogen-bond acceptors (Lipinski definition) is 1. The Kier molecular flexibility index (Phi) is 7.42. The third kappa shape index (κ3) is 4.04. The van der Waals surface area contributed by atoms with E-state index in [1.54, 1.807) is 0 Å². The summed E-state index contributed by atoms with van der Waals surface area (Å²) in [6.07, 6.45) is 5.13. The zero-order valence-electron chi connectivity index (χ0n) is 13.0. The first kappa shape index (κ1) is 19.0. The van der Waals surface area contributed by atoms with Crippen molar-refractivity contribution in [1.82, 2.24) is 0 Å². The molecule has 2 aromatic rings. The fourth-order valence-corrected chi connectivity index (χ4v) is 3.38. The zero-order valence-corrected chi connectivity index (χ0v) is 15.9. The van der Waals surface area contributed by atoms with Gasteiger partial charge in [0.25, 0.3) is 0 Å².